The fourth-order valence-corrected chi connectivity index (χ4v) is 4.44. The molecule has 0 aliphatic heterocycles. The summed E-state index contributed by atoms with van der Waals surface area (Å²) in [5, 5.41) is 12.4. The standard InChI is InChI=1S/C29H32N4O2S/c1-20-10-14-23(15-11-20)33-26(18-35-24-16-12-22(13-17-24)29(3,4)5)31-32-28(33)36-19-27(34)30-25-9-7-6-8-21(25)2/h6-17H,18-19H2,1-5H3,(H,30,34). The molecule has 1 heterocycles. The van der Waals surface area contributed by atoms with Crippen molar-refractivity contribution in [2.75, 3.05) is 11.1 Å². The molecule has 3 aromatic carbocycles. The number of aryl methyl sites for hydroxylation is 2. The van der Waals surface area contributed by atoms with E-state index in [9.17, 15) is 4.79 Å². The van der Waals surface area contributed by atoms with Crippen LogP contribution in [0.1, 0.15) is 43.3 Å². The second-order valence-corrected chi connectivity index (χ2v) is 10.7. The Labute approximate surface area is 217 Å². The maximum atomic E-state index is 12.6. The van der Waals surface area contributed by atoms with Gasteiger partial charge in [-0.2, -0.15) is 0 Å². The highest BCUT2D eigenvalue weighted by Crippen LogP contribution is 2.26. The van der Waals surface area contributed by atoms with Crippen molar-refractivity contribution in [2.24, 2.45) is 0 Å². The molecule has 1 amide bonds. The first-order valence-electron chi connectivity index (χ1n) is 11.9. The summed E-state index contributed by atoms with van der Waals surface area (Å²) < 4.78 is 8.02. The van der Waals surface area contributed by atoms with Crippen LogP contribution in [0.4, 0.5) is 5.69 Å². The lowest BCUT2D eigenvalue weighted by molar-refractivity contribution is -0.113. The quantitative estimate of drug-likeness (QED) is 0.280. The van der Waals surface area contributed by atoms with Gasteiger partial charge in [-0.05, 0) is 60.7 Å². The molecule has 7 heteroatoms. The molecule has 6 nitrogen and oxygen atoms in total. The summed E-state index contributed by atoms with van der Waals surface area (Å²) in [6, 6.07) is 24.0. The third kappa shape index (κ3) is 6.34. The molecule has 1 aromatic heterocycles. The Balaban J connectivity index is 1.50. The summed E-state index contributed by atoms with van der Waals surface area (Å²) in [6.07, 6.45) is 0. The average molecular weight is 501 g/mol. The van der Waals surface area contributed by atoms with Crippen molar-refractivity contribution >= 4 is 23.4 Å². The Morgan fingerprint density at radius 1 is 0.944 bits per heavy atom. The van der Waals surface area contributed by atoms with Crippen molar-refractivity contribution in [1.82, 2.24) is 14.8 Å². The van der Waals surface area contributed by atoms with Crippen molar-refractivity contribution in [2.45, 2.75) is 51.8 Å². The van der Waals surface area contributed by atoms with Gasteiger partial charge in [0.2, 0.25) is 5.91 Å². The van der Waals surface area contributed by atoms with E-state index in [2.05, 4.69) is 48.4 Å². The molecule has 0 bridgehead atoms. The number of para-hydroxylation sites is 1. The summed E-state index contributed by atoms with van der Waals surface area (Å²) in [4.78, 5) is 12.6. The Kier molecular flexibility index (Phi) is 7.79. The first-order valence-corrected chi connectivity index (χ1v) is 12.9. The molecule has 186 valence electrons. The predicted molar refractivity (Wildman–Crippen MR) is 146 cm³/mol. The fraction of sp³-hybridized carbons (Fsp3) is 0.276. The summed E-state index contributed by atoms with van der Waals surface area (Å²) in [5.41, 5.74) is 5.26. The zero-order chi connectivity index (χ0) is 25.7. The van der Waals surface area contributed by atoms with Gasteiger partial charge in [-0.1, -0.05) is 80.6 Å². The van der Waals surface area contributed by atoms with Crippen LogP contribution in [0.2, 0.25) is 0 Å². The number of ether oxygens (including phenoxy) is 1. The monoisotopic (exact) mass is 500 g/mol. The lowest BCUT2D eigenvalue weighted by Gasteiger charge is -2.19. The molecule has 0 spiro atoms. The molecule has 0 saturated carbocycles. The van der Waals surface area contributed by atoms with E-state index in [1.54, 1.807) is 0 Å². The number of anilines is 1. The van der Waals surface area contributed by atoms with Gasteiger partial charge in [-0.15, -0.1) is 10.2 Å². The Morgan fingerprint density at radius 3 is 2.31 bits per heavy atom. The number of carbonyl (C=O) groups excluding carboxylic acids is 1. The van der Waals surface area contributed by atoms with E-state index < -0.39 is 0 Å². The van der Waals surface area contributed by atoms with Crippen LogP contribution in [-0.2, 0) is 16.8 Å². The van der Waals surface area contributed by atoms with Gasteiger partial charge in [-0.25, -0.2) is 0 Å². The summed E-state index contributed by atoms with van der Waals surface area (Å²) in [6.45, 7) is 10.8. The molecule has 0 saturated heterocycles. The predicted octanol–water partition coefficient (Wildman–Crippen LogP) is 6.49. The molecule has 4 aromatic rings. The fourth-order valence-electron chi connectivity index (χ4n) is 3.67. The second kappa shape index (κ2) is 11.0. The molecule has 0 atom stereocenters. The maximum absolute atomic E-state index is 12.6. The maximum Gasteiger partial charge on any atom is 0.234 e. The highest BCUT2D eigenvalue weighted by atomic mass is 32.2. The van der Waals surface area contributed by atoms with Crippen LogP contribution in [0, 0.1) is 13.8 Å². The number of rotatable bonds is 8. The van der Waals surface area contributed by atoms with E-state index in [1.807, 2.05) is 79.1 Å². The van der Waals surface area contributed by atoms with Gasteiger partial charge >= 0.3 is 0 Å². The minimum Gasteiger partial charge on any atom is -0.486 e. The molecular weight excluding hydrogens is 468 g/mol. The van der Waals surface area contributed by atoms with E-state index in [-0.39, 0.29) is 23.7 Å². The van der Waals surface area contributed by atoms with Gasteiger partial charge < -0.3 is 10.1 Å². The van der Waals surface area contributed by atoms with Crippen LogP contribution in [0.5, 0.6) is 5.75 Å². The zero-order valence-electron chi connectivity index (χ0n) is 21.4. The normalized spacial score (nSPS) is 11.4. The zero-order valence-corrected chi connectivity index (χ0v) is 22.2. The first kappa shape index (κ1) is 25.5. The van der Waals surface area contributed by atoms with Gasteiger partial charge in [0.1, 0.15) is 12.4 Å². The highest BCUT2D eigenvalue weighted by Gasteiger charge is 2.18. The minimum absolute atomic E-state index is 0.0851. The lowest BCUT2D eigenvalue weighted by Crippen LogP contribution is -2.15. The van der Waals surface area contributed by atoms with E-state index >= 15 is 0 Å². The third-order valence-electron chi connectivity index (χ3n) is 5.83. The molecule has 1 N–H and O–H groups in total. The number of nitrogens with zero attached hydrogens (tertiary/aromatic N) is 3. The number of hydrogen-bond donors (Lipinski definition) is 1. The largest absolute Gasteiger partial charge is 0.486 e. The van der Waals surface area contributed by atoms with Crippen LogP contribution >= 0.6 is 11.8 Å². The topological polar surface area (TPSA) is 69.0 Å². The van der Waals surface area contributed by atoms with Gasteiger partial charge in [0.25, 0.3) is 0 Å². The first-order chi connectivity index (χ1) is 17.2. The van der Waals surface area contributed by atoms with Gasteiger partial charge in [-0.3, -0.25) is 9.36 Å². The molecule has 0 aliphatic rings. The molecule has 4 rings (SSSR count). The Hall–Kier alpha value is -3.58. The minimum atomic E-state index is -0.0931. The molecule has 36 heavy (non-hydrogen) atoms. The summed E-state index contributed by atoms with van der Waals surface area (Å²) >= 11 is 1.35. The molecular formula is C29H32N4O2S. The van der Waals surface area contributed by atoms with E-state index in [0.717, 1.165) is 28.3 Å². The van der Waals surface area contributed by atoms with Crippen molar-refractivity contribution in [3.63, 3.8) is 0 Å². The molecule has 0 radical (unpaired) electrons. The number of carbonyl (C=O) groups is 1. The third-order valence-corrected chi connectivity index (χ3v) is 6.76. The van der Waals surface area contributed by atoms with Crippen LogP contribution < -0.4 is 10.1 Å². The number of thioether (sulfide) groups is 1. The lowest BCUT2D eigenvalue weighted by atomic mass is 9.87. The van der Waals surface area contributed by atoms with Crippen LogP contribution in [-0.4, -0.2) is 26.4 Å². The molecule has 0 aliphatic carbocycles. The second-order valence-electron chi connectivity index (χ2n) is 9.78. The molecule has 0 fully saturated rings. The molecule has 0 unspecified atom stereocenters. The Bertz CT molecular complexity index is 1320. The van der Waals surface area contributed by atoms with Crippen molar-refractivity contribution < 1.29 is 9.53 Å². The van der Waals surface area contributed by atoms with E-state index in [0.29, 0.717) is 11.0 Å². The number of amides is 1. The van der Waals surface area contributed by atoms with Gasteiger partial charge in [0.05, 0.1) is 5.75 Å². The van der Waals surface area contributed by atoms with Crippen molar-refractivity contribution in [3.05, 3.63) is 95.3 Å². The SMILES string of the molecule is Cc1ccc(-n2c(COc3ccc(C(C)(C)C)cc3)nnc2SCC(=O)Nc2ccccc2C)cc1. The number of benzene rings is 3. The Morgan fingerprint density at radius 2 is 1.64 bits per heavy atom. The van der Waals surface area contributed by atoms with Crippen LogP contribution in [0.3, 0.4) is 0 Å². The number of nitrogens with one attached hydrogen (secondary N) is 1. The number of aromatic nitrogens is 3. The summed E-state index contributed by atoms with van der Waals surface area (Å²) in [5.74, 6) is 1.56. The summed E-state index contributed by atoms with van der Waals surface area (Å²) in [7, 11) is 0. The van der Waals surface area contributed by atoms with Gasteiger partial charge in [0, 0.05) is 11.4 Å². The highest BCUT2D eigenvalue weighted by molar-refractivity contribution is 7.99. The van der Waals surface area contributed by atoms with Crippen LogP contribution in [0.15, 0.2) is 78.0 Å². The van der Waals surface area contributed by atoms with Crippen LogP contribution in [0.25, 0.3) is 5.69 Å². The van der Waals surface area contributed by atoms with E-state index in [4.69, 9.17) is 4.74 Å². The van der Waals surface area contributed by atoms with Gasteiger partial charge in [0.15, 0.2) is 11.0 Å². The smallest absolute Gasteiger partial charge is 0.234 e. The number of hydrogen-bond acceptors (Lipinski definition) is 5. The van der Waals surface area contributed by atoms with Crippen molar-refractivity contribution in [3.8, 4) is 11.4 Å². The average Bonchev–Trinajstić information content (AvgIpc) is 3.26. The van der Waals surface area contributed by atoms with Crippen molar-refractivity contribution in [1.29, 1.82) is 0 Å². The van der Waals surface area contributed by atoms with E-state index in [1.165, 1.54) is 17.3 Å².